The first-order valence-electron chi connectivity index (χ1n) is 4.83. The van der Waals surface area contributed by atoms with Gasteiger partial charge >= 0.3 is 0 Å². The van der Waals surface area contributed by atoms with Gasteiger partial charge in [0.25, 0.3) is 0 Å². The summed E-state index contributed by atoms with van der Waals surface area (Å²) in [5, 5.41) is 3.30. The second-order valence-electron chi connectivity index (χ2n) is 3.67. The molecule has 0 aliphatic rings. The molecule has 1 unspecified atom stereocenters. The molecule has 1 aromatic carbocycles. The second-order valence-corrected chi connectivity index (χ2v) is 5.66. The number of rotatable bonds is 2. The predicted molar refractivity (Wildman–Crippen MR) is 71.5 cm³/mol. The molecule has 0 bridgehead atoms. The molecule has 16 heavy (non-hydrogen) atoms. The third kappa shape index (κ3) is 2.58. The Hall–Kier alpha value is -0.540. The lowest BCUT2D eigenvalue weighted by atomic mass is 10.0. The summed E-state index contributed by atoms with van der Waals surface area (Å²) in [7, 11) is 0. The van der Waals surface area contributed by atoms with Crippen molar-refractivity contribution in [3.05, 3.63) is 55.7 Å². The van der Waals surface area contributed by atoms with Crippen molar-refractivity contribution in [2.45, 2.75) is 13.0 Å². The highest BCUT2D eigenvalue weighted by atomic mass is 35.5. The number of nitrogens with two attached hydrogens (primary N) is 1. The fraction of sp³-hybridized carbons (Fsp3) is 0.167. The Balaban J connectivity index is 2.37. The van der Waals surface area contributed by atoms with E-state index in [9.17, 15) is 0 Å². The zero-order valence-corrected chi connectivity index (χ0v) is 11.0. The molecule has 2 N–H and O–H groups in total. The number of thiophene rings is 1. The highest BCUT2D eigenvalue weighted by Gasteiger charge is 2.11. The molecule has 1 nitrogen and oxygen atoms in total. The summed E-state index contributed by atoms with van der Waals surface area (Å²) in [4.78, 5) is 1.25. The van der Waals surface area contributed by atoms with E-state index in [1.165, 1.54) is 4.88 Å². The molecule has 0 aliphatic heterocycles. The molecule has 1 heterocycles. The average molecular weight is 272 g/mol. The van der Waals surface area contributed by atoms with Crippen LogP contribution in [0.2, 0.25) is 10.0 Å². The maximum Gasteiger partial charge on any atom is 0.0561 e. The van der Waals surface area contributed by atoms with Gasteiger partial charge in [-0.2, -0.15) is 0 Å². The summed E-state index contributed by atoms with van der Waals surface area (Å²) in [5.41, 5.74) is 8.19. The molecule has 1 atom stereocenters. The fourth-order valence-electron chi connectivity index (χ4n) is 1.57. The third-order valence-electron chi connectivity index (χ3n) is 2.35. The Morgan fingerprint density at radius 1 is 1.06 bits per heavy atom. The van der Waals surface area contributed by atoms with Crippen LogP contribution in [0.1, 0.15) is 22.0 Å². The Morgan fingerprint density at radius 2 is 1.69 bits per heavy atom. The molecule has 0 spiro atoms. The van der Waals surface area contributed by atoms with E-state index in [0.717, 1.165) is 11.1 Å². The molecule has 0 fully saturated rings. The summed E-state index contributed by atoms with van der Waals surface area (Å²) in [5.74, 6) is 0. The van der Waals surface area contributed by atoms with Gasteiger partial charge in [-0.3, -0.25) is 0 Å². The minimum atomic E-state index is -0.166. The molecular weight excluding hydrogens is 261 g/mol. The van der Waals surface area contributed by atoms with Crippen molar-refractivity contribution in [3.8, 4) is 0 Å². The topological polar surface area (TPSA) is 26.0 Å². The first-order valence-corrected chi connectivity index (χ1v) is 6.46. The van der Waals surface area contributed by atoms with Crippen molar-refractivity contribution in [2.75, 3.05) is 0 Å². The lowest BCUT2D eigenvalue weighted by Gasteiger charge is -2.11. The minimum Gasteiger partial charge on any atom is -0.320 e. The molecular formula is C12H11Cl2NS. The van der Waals surface area contributed by atoms with Gasteiger partial charge in [0.2, 0.25) is 0 Å². The van der Waals surface area contributed by atoms with Crippen LogP contribution >= 0.6 is 34.5 Å². The van der Waals surface area contributed by atoms with E-state index in [4.69, 9.17) is 28.9 Å². The van der Waals surface area contributed by atoms with Crippen LogP contribution in [0, 0.1) is 6.92 Å². The molecule has 4 heteroatoms. The van der Waals surface area contributed by atoms with E-state index in [1.807, 2.05) is 12.1 Å². The van der Waals surface area contributed by atoms with E-state index < -0.39 is 0 Å². The SMILES string of the molecule is Cc1cc(C(N)c2cc(Cl)cc(Cl)c2)cs1. The van der Waals surface area contributed by atoms with E-state index in [2.05, 4.69) is 18.4 Å². The average Bonchev–Trinajstić information content (AvgIpc) is 2.62. The maximum atomic E-state index is 6.16. The van der Waals surface area contributed by atoms with Gasteiger partial charge in [-0.25, -0.2) is 0 Å². The third-order valence-corrected chi connectivity index (χ3v) is 3.67. The van der Waals surface area contributed by atoms with Gasteiger partial charge in [0.15, 0.2) is 0 Å². The van der Waals surface area contributed by atoms with Crippen molar-refractivity contribution >= 4 is 34.5 Å². The van der Waals surface area contributed by atoms with E-state index in [0.29, 0.717) is 10.0 Å². The summed E-state index contributed by atoms with van der Waals surface area (Å²) >= 11 is 13.6. The van der Waals surface area contributed by atoms with Gasteiger partial charge in [-0.05, 0) is 47.7 Å². The molecule has 0 radical (unpaired) electrons. The lowest BCUT2D eigenvalue weighted by molar-refractivity contribution is 0.876. The number of aryl methyl sites for hydroxylation is 1. The lowest BCUT2D eigenvalue weighted by Crippen LogP contribution is -2.10. The zero-order chi connectivity index (χ0) is 11.7. The van der Waals surface area contributed by atoms with Crippen LogP contribution in [0.4, 0.5) is 0 Å². The Labute approximate surface area is 109 Å². The number of hydrogen-bond acceptors (Lipinski definition) is 2. The first kappa shape index (κ1) is 11.9. The van der Waals surface area contributed by atoms with Gasteiger partial charge in [0.05, 0.1) is 6.04 Å². The summed E-state index contributed by atoms with van der Waals surface area (Å²) in [6, 6.07) is 7.33. The quantitative estimate of drug-likeness (QED) is 0.860. The molecule has 84 valence electrons. The monoisotopic (exact) mass is 271 g/mol. The first-order chi connectivity index (χ1) is 7.56. The van der Waals surface area contributed by atoms with Crippen LogP contribution in [0.5, 0.6) is 0 Å². The van der Waals surface area contributed by atoms with Crippen LogP contribution in [-0.2, 0) is 0 Å². The summed E-state index contributed by atoms with van der Waals surface area (Å²) < 4.78 is 0. The number of halogens is 2. The van der Waals surface area contributed by atoms with Crippen LogP contribution in [0.25, 0.3) is 0 Å². The van der Waals surface area contributed by atoms with E-state index in [-0.39, 0.29) is 6.04 Å². The highest BCUT2D eigenvalue weighted by Crippen LogP contribution is 2.28. The molecule has 0 saturated carbocycles. The van der Waals surface area contributed by atoms with E-state index in [1.54, 1.807) is 17.4 Å². The number of hydrogen-bond donors (Lipinski definition) is 1. The van der Waals surface area contributed by atoms with Crippen molar-refractivity contribution in [1.29, 1.82) is 0 Å². The van der Waals surface area contributed by atoms with Gasteiger partial charge in [-0.1, -0.05) is 23.2 Å². The van der Waals surface area contributed by atoms with E-state index >= 15 is 0 Å². The Kier molecular flexibility index (Phi) is 3.55. The van der Waals surface area contributed by atoms with Crippen molar-refractivity contribution in [3.63, 3.8) is 0 Å². The smallest absolute Gasteiger partial charge is 0.0561 e. The predicted octanol–water partition coefficient (Wildman–Crippen LogP) is 4.41. The van der Waals surface area contributed by atoms with Crippen LogP contribution in [0.3, 0.4) is 0 Å². The largest absolute Gasteiger partial charge is 0.320 e. The van der Waals surface area contributed by atoms with Crippen LogP contribution in [-0.4, -0.2) is 0 Å². The Morgan fingerprint density at radius 3 is 2.19 bits per heavy atom. The summed E-state index contributed by atoms with van der Waals surface area (Å²) in [6.07, 6.45) is 0. The van der Waals surface area contributed by atoms with Crippen molar-refractivity contribution < 1.29 is 0 Å². The zero-order valence-electron chi connectivity index (χ0n) is 8.71. The highest BCUT2D eigenvalue weighted by molar-refractivity contribution is 7.10. The second kappa shape index (κ2) is 4.76. The Bertz CT molecular complexity index is 487. The molecule has 0 aliphatic carbocycles. The molecule has 0 amide bonds. The maximum absolute atomic E-state index is 6.16. The number of benzene rings is 1. The van der Waals surface area contributed by atoms with Crippen molar-refractivity contribution in [2.24, 2.45) is 5.73 Å². The van der Waals surface area contributed by atoms with Crippen molar-refractivity contribution in [1.82, 2.24) is 0 Å². The van der Waals surface area contributed by atoms with Crippen LogP contribution < -0.4 is 5.73 Å². The van der Waals surface area contributed by atoms with Crippen LogP contribution in [0.15, 0.2) is 29.6 Å². The standard InChI is InChI=1S/C12H11Cl2NS/c1-7-2-9(6-16-7)12(15)8-3-10(13)5-11(14)4-8/h2-6,12H,15H2,1H3. The van der Waals surface area contributed by atoms with Gasteiger partial charge in [0.1, 0.15) is 0 Å². The van der Waals surface area contributed by atoms with Gasteiger partial charge < -0.3 is 5.73 Å². The van der Waals surface area contributed by atoms with Gasteiger partial charge in [-0.15, -0.1) is 11.3 Å². The molecule has 2 rings (SSSR count). The summed E-state index contributed by atoms with van der Waals surface area (Å²) in [6.45, 7) is 2.06. The fourth-order valence-corrected chi connectivity index (χ4v) is 2.86. The molecule has 0 saturated heterocycles. The normalized spacial score (nSPS) is 12.8. The molecule has 2 aromatic rings. The molecule has 1 aromatic heterocycles. The van der Waals surface area contributed by atoms with Gasteiger partial charge in [0, 0.05) is 14.9 Å². The minimum absolute atomic E-state index is 0.166.